The minimum absolute atomic E-state index is 0.127. The zero-order chi connectivity index (χ0) is 21.8. The number of benzene rings is 2. The standard InChI is InChI=1S/C24H25N3O3S/c1-24(2)19(27-22(30)16-10-6-7-11-17(16)23(27)31-24)21(29)26-18(14-8-4-3-5-9-14)20(28)25-15-12-13-15/h3-11,15,18-19,23H,12-13H2,1-2H3,(H,25,28)(H,26,29)/t18-,19+,23-/m0/s1. The Balaban J connectivity index is 1.44. The van der Waals surface area contributed by atoms with Crippen LogP contribution in [0.3, 0.4) is 0 Å². The van der Waals surface area contributed by atoms with Crippen LogP contribution in [0.15, 0.2) is 54.6 Å². The van der Waals surface area contributed by atoms with Crippen molar-refractivity contribution in [2.75, 3.05) is 0 Å². The van der Waals surface area contributed by atoms with Gasteiger partial charge in [0, 0.05) is 16.4 Å². The topological polar surface area (TPSA) is 78.5 Å². The van der Waals surface area contributed by atoms with Crippen LogP contribution in [0, 0.1) is 0 Å². The zero-order valence-electron chi connectivity index (χ0n) is 17.5. The van der Waals surface area contributed by atoms with E-state index < -0.39 is 16.8 Å². The molecule has 2 fully saturated rings. The summed E-state index contributed by atoms with van der Waals surface area (Å²) in [6.07, 6.45) is 1.94. The van der Waals surface area contributed by atoms with E-state index in [2.05, 4.69) is 10.6 Å². The average molecular weight is 436 g/mol. The minimum Gasteiger partial charge on any atom is -0.351 e. The molecule has 0 bridgehead atoms. The van der Waals surface area contributed by atoms with E-state index in [1.54, 1.807) is 16.7 Å². The lowest BCUT2D eigenvalue weighted by molar-refractivity contribution is -0.132. The van der Waals surface area contributed by atoms with Gasteiger partial charge < -0.3 is 15.5 Å². The maximum absolute atomic E-state index is 13.6. The lowest BCUT2D eigenvalue weighted by atomic mass is 9.99. The van der Waals surface area contributed by atoms with Crippen LogP contribution in [-0.4, -0.2) is 39.5 Å². The van der Waals surface area contributed by atoms with E-state index in [4.69, 9.17) is 0 Å². The van der Waals surface area contributed by atoms with E-state index in [1.165, 1.54) is 0 Å². The second kappa shape index (κ2) is 7.41. The lowest BCUT2D eigenvalue weighted by Gasteiger charge is -2.31. The van der Waals surface area contributed by atoms with Crippen molar-refractivity contribution in [1.82, 2.24) is 15.5 Å². The van der Waals surface area contributed by atoms with Gasteiger partial charge in [0.05, 0.1) is 0 Å². The maximum atomic E-state index is 13.6. The Morgan fingerprint density at radius 3 is 2.45 bits per heavy atom. The van der Waals surface area contributed by atoms with Crippen LogP contribution in [-0.2, 0) is 9.59 Å². The molecular formula is C24H25N3O3S. The van der Waals surface area contributed by atoms with Gasteiger partial charge >= 0.3 is 0 Å². The summed E-state index contributed by atoms with van der Waals surface area (Å²) in [7, 11) is 0. The van der Waals surface area contributed by atoms with Gasteiger partial charge in [-0.2, -0.15) is 0 Å². The van der Waals surface area contributed by atoms with Crippen molar-refractivity contribution in [3.8, 4) is 0 Å². The molecule has 2 N–H and O–H groups in total. The minimum atomic E-state index is -0.797. The summed E-state index contributed by atoms with van der Waals surface area (Å²) < 4.78 is -0.494. The quantitative estimate of drug-likeness (QED) is 0.756. The number of fused-ring (bicyclic) bond motifs is 3. The van der Waals surface area contributed by atoms with Crippen molar-refractivity contribution in [2.24, 2.45) is 0 Å². The smallest absolute Gasteiger partial charge is 0.256 e. The molecule has 0 spiro atoms. The van der Waals surface area contributed by atoms with Gasteiger partial charge in [-0.25, -0.2) is 0 Å². The molecule has 2 aliphatic heterocycles. The predicted molar refractivity (Wildman–Crippen MR) is 119 cm³/mol. The molecule has 160 valence electrons. The van der Waals surface area contributed by atoms with Crippen LogP contribution in [0.5, 0.6) is 0 Å². The number of hydrogen-bond donors (Lipinski definition) is 2. The molecule has 2 heterocycles. The summed E-state index contributed by atoms with van der Waals surface area (Å²) >= 11 is 1.62. The van der Waals surface area contributed by atoms with Crippen molar-refractivity contribution < 1.29 is 14.4 Å². The normalized spacial score (nSPS) is 24.3. The molecule has 0 radical (unpaired) electrons. The molecule has 1 aliphatic carbocycles. The second-order valence-corrected chi connectivity index (χ2v) is 10.6. The van der Waals surface area contributed by atoms with E-state index in [9.17, 15) is 14.4 Å². The number of carbonyl (C=O) groups is 3. The largest absolute Gasteiger partial charge is 0.351 e. The van der Waals surface area contributed by atoms with Gasteiger partial charge in [-0.3, -0.25) is 14.4 Å². The molecule has 2 aromatic rings. The van der Waals surface area contributed by atoms with Crippen molar-refractivity contribution in [3.05, 3.63) is 71.3 Å². The van der Waals surface area contributed by atoms with Crippen LogP contribution in [0.1, 0.15) is 59.6 Å². The summed E-state index contributed by atoms with van der Waals surface area (Å²) in [6.45, 7) is 3.97. The fraction of sp³-hybridized carbons (Fsp3) is 0.375. The molecule has 6 nitrogen and oxygen atoms in total. The molecule has 1 saturated heterocycles. The predicted octanol–water partition coefficient (Wildman–Crippen LogP) is 3.17. The summed E-state index contributed by atoms with van der Waals surface area (Å²) in [5.74, 6) is -0.642. The molecule has 2 aromatic carbocycles. The average Bonchev–Trinajstić information content (AvgIpc) is 3.47. The van der Waals surface area contributed by atoms with Crippen LogP contribution < -0.4 is 10.6 Å². The first kappa shape index (κ1) is 20.1. The van der Waals surface area contributed by atoms with Crippen molar-refractivity contribution >= 4 is 29.5 Å². The third kappa shape index (κ3) is 3.51. The van der Waals surface area contributed by atoms with Gasteiger partial charge in [0.1, 0.15) is 17.5 Å². The molecule has 3 aliphatic rings. The number of rotatable bonds is 5. The summed E-state index contributed by atoms with van der Waals surface area (Å²) in [4.78, 5) is 41.4. The highest BCUT2D eigenvalue weighted by Crippen LogP contribution is 2.56. The molecule has 3 atom stereocenters. The highest BCUT2D eigenvalue weighted by Gasteiger charge is 2.57. The third-order valence-corrected chi connectivity index (χ3v) is 7.69. The Kier molecular flexibility index (Phi) is 4.81. The number of amides is 3. The monoisotopic (exact) mass is 435 g/mol. The first-order valence-electron chi connectivity index (χ1n) is 10.6. The Labute approximate surface area is 185 Å². The Morgan fingerprint density at radius 2 is 1.74 bits per heavy atom. The van der Waals surface area contributed by atoms with Crippen LogP contribution >= 0.6 is 11.8 Å². The lowest BCUT2D eigenvalue weighted by Crippen LogP contribution is -2.54. The molecular weight excluding hydrogens is 410 g/mol. The van der Waals surface area contributed by atoms with E-state index in [0.717, 1.165) is 24.0 Å². The Hall–Kier alpha value is -2.80. The Bertz CT molecular complexity index is 1050. The molecule has 3 amide bonds. The van der Waals surface area contributed by atoms with E-state index >= 15 is 0 Å². The van der Waals surface area contributed by atoms with Gasteiger partial charge in [0.15, 0.2) is 0 Å². The van der Waals surface area contributed by atoms with Gasteiger partial charge in [0.2, 0.25) is 11.8 Å². The Morgan fingerprint density at radius 1 is 1.06 bits per heavy atom. The second-order valence-electron chi connectivity index (χ2n) is 8.91. The first-order valence-corrected chi connectivity index (χ1v) is 11.5. The highest BCUT2D eigenvalue weighted by molar-refractivity contribution is 8.01. The first-order chi connectivity index (χ1) is 14.9. The van der Waals surface area contributed by atoms with Gasteiger partial charge in [-0.1, -0.05) is 48.5 Å². The third-order valence-electron chi connectivity index (χ3n) is 6.15. The van der Waals surface area contributed by atoms with E-state index in [1.807, 2.05) is 68.4 Å². The zero-order valence-corrected chi connectivity index (χ0v) is 18.3. The van der Waals surface area contributed by atoms with Crippen LogP contribution in [0.2, 0.25) is 0 Å². The number of carbonyl (C=O) groups excluding carboxylic acids is 3. The summed E-state index contributed by atoms with van der Waals surface area (Å²) in [6, 6.07) is 15.5. The highest BCUT2D eigenvalue weighted by atomic mass is 32.2. The van der Waals surface area contributed by atoms with Crippen molar-refractivity contribution in [3.63, 3.8) is 0 Å². The number of nitrogens with one attached hydrogen (secondary N) is 2. The molecule has 1 saturated carbocycles. The van der Waals surface area contributed by atoms with Gasteiger partial charge in [-0.15, -0.1) is 11.8 Å². The van der Waals surface area contributed by atoms with Gasteiger partial charge in [-0.05, 0) is 43.9 Å². The molecule has 31 heavy (non-hydrogen) atoms. The molecule has 0 unspecified atom stereocenters. The molecule has 0 aromatic heterocycles. The molecule has 5 rings (SSSR count). The van der Waals surface area contributed by atoms with E-state index in [0.29, 0.717) is 5.56 Å². The number of thioether (sulfide) groups is 1. The number of nitrogens with zero attached hydrogens (tertiary/aromatic N) is 1. The maximum Gasteiger partial charge on any atom is 0.256 e. The van der Waals surface area contributed by atoms with Crippen LogP contribution in [0.4, 0.5) is 0 Å². The fourth-order valence-electron chi connectivity index (χ4n) is 4.48. The summed E-state index contributed by atoms with van der Waals surface area (Å²) in [5.41, 5.74) is 2.33. The summed E-state index contributed by atoms with van der Waals surface area (Å²) in [5, 5.41) is 5.77. The SMILES string of the molecule is CC1(C)S[C@H]2c3ccccc3C(=O)N2[C@@H]1C(=O)N[C@H](C(=O)NC1CC1)c1ccccc1. The molecule has 7 heteroatoms. The van der Waals surface area contributed by atoms with Crippen LogP contribution in [0.25, 0.3) is 0 Å². The van der Waals surface area contributed by atoms with E-state index in [-0.39, 0.29) is 29.1 Å². The van der Waals surface area contributed by atoms with Crippen molar-refractivity contribution in [2.45, 2.75) is 54.9 Å². The van der Waals surface area contributed by atoms with Crippen molar-refractivity contribution in [1.29, 1.82) is 0 Å². The number of hydrogen-bond acceptors (Lipinski definition) is 4. The fourth-order valence-corrected chi connectivity index (χ4v) is 6.07. The van der Waals surface area contributed by atoms with Gasteiger partial charge in [0.25, 0.3) is 5.91 Å².